The molecular formula is C19H29AlFN5O7. The fourth-order valence-electron chi connectivity index (χ4n) is 3.98. The molecule has 12 nitrogen and oxygen atoms in total. The van der Waals surface area contributed by atoms with Crippen molar-refractivity contribution in [2.45, 2.75) is 13.3 Å². The van der Waals surface area contributed by atoms with Gasteiger partial charge in [0.2, 0.25) is 17.7 Å². The molecule has 3 aliphatic rings. The number of halogens is 1. The summed E-state index contributed by atoms with van der Waals surface area (Å²) >= 11 is -3.85. The van der Waals surface area contributed by atoms with Crippen LogP contribution in [0.15, 0.2) is 0 Å². The molecule has 3 rings (SSSR count). The predicted octanol–water partition coefficient (Wildman–Crippen LogP) is -2.53. The Balaban J connectivity index is 1.53. The van der Waals surface area contributed by atoms with Crippen molar-refractivity contribution in [2.24, 2.45) is 5.92 Å². The molecule has 3 amide bonds. The van der Waals surface area contributed by atoms with Crippen molar-refractivity contribution >= 4 is 44.9 Å². The third-order valence-corrected chi connectivity index (χ3v) is 6.74. The van der Waals surface area contributed by atoms with Crippen LogP contribution in [-0.2, 0) is 31.5 Å². The summed E-state index contributed by atoms with van der Waals surface area (Å²) in [6.07, 6.45) is 0.197. The van der Waals surface area contributed by atoms with Gasteiger partial charge in [0.25, 0.3) is 11.9 Å². The average Bonchev–Trinajstić information content (AvgIpc) is 3.00. The zero-order valence-electron chi connectivity index (χ0n) is 18.7. The van der Waals surface area contributed by atoms with E-state index in [1.54, 1.807) is 16.7 Å². The van der Waals surface area contributed by atoms with Gasteiger partial charge in [-0.3, -0.25) is 43.6 Å². The Morgan fingerprint density at radius 1 is 1.00 bits per heavy atom. The average molecular weight is 484 g/mol. The minimum atomic E-state index is -3.85. The van der Waals surface area contributed by atoms with Gasteiger partial charge >= 0.3 is 15.3 Å². The number of hydrogen-bond donors (Lipinski definition) is 1. The molecule has 0 aromatic rings. The molecule has 0 radical (unpaired) electrons. The smallest absolute Gasteiger partial charge is 0.558 e. The molecule has 0 aromatic heterocycles. The van der Waals surface area contributed by atoms with Crippen molar-refractivity contribution in [2.75, 3.05) is 72.0 Å². The van der Waals surface area contributed by atoms with Gasteiger partial charge in [-0.25, -0.2) is 0 Å². The van der Waals surface area contributed by atoms with Gasteiger partial charge in [0, 0.05) is 64.7 Å². The van der Waals surface area contributed by atoms with E-state index in [2.05, 4.69) is 12.9 Å². The van der Waals surface area contributed by atoms with Crippen molar-refractivity contribution in [3.63, 3.8) is 0 Å². The monoisotopic (exact) mass is 484 g/mol. The number of fused-ring (bicyclic) bond motifs is 3. The Bertz CT molecular complexity index is 756. The molecule has 0 aliphatic carbocycles. The summed E-state index contributed by atoms with van der Waals surface area (Å²) in [6.45, 7) is 4.67. The topological polar surface area (TPSA) is 129 Å². The zero-order chi connectivity index (χ0) is 24.0. The largest absolute Gasteiger partial charge is 1.15 e. The van der Waals surface area contributed by atoms with Gasteiger partial charge in [0.05, 0.1) is 19.6 Å². The van der Waals surface area contributed by atoms with E-state index in [4.69, 9.17) is 0 Å². The zero-order valence-corrected chi connectivity index (χ0v) is 19.8. The summed E-state index contributed by atoms with van der Waals surface area (Å²) in [6, 6.07) is 0. The van der Waals surface area contributed by atoms with Gasteiger partial charge in [-0.15, -0.1) is 0 Å². The van der Waals surface area contributed by atoms with Gasteiger partial charge in [0.1, 0.15) is 0 Å². The number of likely N-dealkylation sites (tertiary alicyclic amines) is 1. The number of imide groups is 1. The van der Waals surface area contributed by atoms with Crippen LogP contribution < -0.4 is 5.32 Å². The molecule has 3 atom stereocenters. The Labute approximate surface area is 196 Å². The lowest BCUT2D eigenvalue weighted by Crippen LogP contribution is -2.45. The van der Waals surface area contributed by atoms with E-state index >= 15 is 0 Å². The second-order valence-electron chi connectivity index (χ2n) is 8.42. The van der Waals surface area contributed by atoms with Gasteiger partial charge < -0.3 is 16.4 Å². The van der Waals surface area contributed by atoms with E-state index < -0.39 is 27.2 Å². The van der Waals surface area contributed by atoms with Gasteiger partial charge in [0.15, 0.2) is 0 Å². The lowest BCUT2D eigenvalue weighted by atomic mass is 10.1. The molecule has 0 aromatic carbocycles. The number of nitrogens with zero attached hydrogens (tertiary/aromatic N) is 4. The van der Waals surface area contributed by atoms with Crippen LogP contribution in [0.3, 0.4) is 0 Å². The van der Waals surface area contributed by atoms with Crippen molar-refractivity contribution in [3.05, 3.63) is 0 Å². The van der Waals surface area contributed by atoms with Crippen molar-refractivity contribution < 1.29 is 35.1 Å². The quantitative estimate of drug-likeness (QED) is 0.330. The highest BCUT2D eigenvalue weighted by Gasteiger charge is 2.42. The van der Waals surface area contributed by atoms with Crippen molar-refractivity contribution in [1.82, 2.24) is 24.9 Å². The number of carbonyl (C=O) groups is 5. The lowest BCUT2D eigenvalue weighted by molar-refractivity contribution is -0.143. The van der Waals surface area contributed by atoms with Crippen LogP contribution in [0.4, 0.5) is 3.52 Å². The maximum Gasteiger partial charge on any atom is 1.15 e. The summed E-state index contributed by atoms with van der Waals surface area (Å²) in [5.74, 6) is -2.59. The Hall–Kier alpha value is -2.11. The van der Waals surface area contributed by atoms with Gasteiger partial charge in [-0.05, 0) is 0 Å². The minimum absolute atomic E-state index is 0.0777. The predicted molar refractivity (Wildman–Crippen MR) is 112 cm³/mol. The number of hydrogen-bond acceptors (Lipinski definition) is 10. The van der Waals surface area contributed by atoms with Gasteiger partial charge in [-0.1, -0.05) is 6.92 Å². The van der Waals surface area contributed by atoms with Crippen LogP contribution in [-0.4, -0.2) is 137 Å². The second kappa shape index (κ2) is 11.8. The minimum Gasteiger partial charge on any atom is -0.558 e. The highest BCUT2D eigenvalue weighted by Crippen LogP contribution is 2.17. The third-order valence-electron chi connectivity index (χ3n) is 5.85. The molecular weight excluding hydrogens is 455 g/mol. The fourth-order valence-corrected chi connectivity index (χ4v) is 4.59. The van der Waals surface area contributed by atoms with E-state index in [0.717, 1.165) is 0 Å². The maximum atomic E-state index is 13.7. The molecule has 3 heterocycles. The first-order chi connectivity index (χ1) is 15.7. The normalized spacial score (nSPS) is 27.9. The summed E-state index contributed by atoms with van der Waals surface area (Å²) in [4.78, 5) is 66.8. The molecule has 0 saturated carbocycles. The van der Waals surface area contributed by atoms with Crippen molar-refractivity contribution in [1.29, 1.82) is 0 Å². The molecule has 3 fully saturated rings. The van der Waals surface area contributed by atoms with E-state index in [-0.39, 0.29) is 62.8 Å². The van der Waals surface area contributed by atoms with E-state index in [1.165, 1.54) is 4.90 Å². The van der Waals surface area contributed by atoms with Crippen LogP contribution in [0, 0.1) is 5.92 Å². The lowest BCUT2D eigenvalue weighted by Gasteiger charge is -2.25. The van der Waals surface area contributed by atoms with Crippen LogP contribution in [0.1, 0.15) is 13.3 Å². The number of rotatable bonds is 5. The fraction of sp³-hybridized carbons (Fsp3) is 0.737. The van der Waals surface area contributed by atoms with Crippen molar-refractivity contribution in [3.8, 4) is 0 Å². The molecule has 0 spiro atoms. The van der Waals surface area contributed by atoms with E-state index in [9.17, 15) is 27.5 Å². The van der Waals surface area contributed by atoms with Crippen LogP contribution in [0.25, 0.3) is 0 Å². The standard InChI is InChI=1S/C19H31N5O7.Al.FH/c1-14-10-16(26)24(19(14)31)3-2-20-15(25)11-21-4-6-22(12-17(27)28)8-9-23(7-5-21)13-18(29)30;;/h14H,2-13H2,1H3,(H,20,25)(H,27,28)(H,29,30);;1H/q;+3;/p-3/i;;1-1. The molecule has 182 valence electrons. The Kier molecular flexibility index (Phi) is 9.16. The highest BCUT2D eigenvalue weighted by molar-refractivity contribution is 6.41. The Morgan fingerprint density at radius 3 is 2.06 bits per heavy atom. The first kappa shape index (κ1) is 25.5. The summed E-state index contributed by atoms with van der Waals surface area (Å²) in [5, 5.41) is 2.74. The summed E-state index contributed by atoms with van der Waals surface area (Å²) in [5.41, 5.74) is 0. The van der Waals surface area contributed by atoms with Crippen LogP contribution in [0.5, 0.6) is 0 Å². The maximum absolute atomic E-state index is 13.7. The van der Waals surface area contributed by atoms with E-state index in [1.807, 2.05) is 4.90 Å². The van der Waals surface area contributed by atoms with Crippen LogP contribution >= 0.6 is 0 Å². The van der Waals surface area contributed by atoms with E-state index in [0.29, 0.717) is 39.3 Å². The summed E-state index contributed by atoms with van der Waals surface area (Å²) < 4.78 is 23.0. The third kappa shape index (κ3) is 7.72. The summed E-state index contributed by atoms with van der Waals surface area (Å²) in [7, 11) is 0. The van der Waals surface area contributed by atoms with Crippen LogP contribution in [0.2, 0.25) is 0 Å². The molecule has 33 heavy (non-hydrogen) atoms. The molecule has 3 aliphatic heterocycles. The first-order valence-corrected chi connectivity index (χ1v) is 12.4. The molecule has 3 unspecified atom stereocenters. The molecule has 1 N–H and O–H groups in total. The van der Waals surface area contributed by atoms with Gasteiger partial charge in [-0.2, -0.15) is 0 Å². The SMILES string of the molecule is CC1CC(=O)N(CCNC(=O)CN2CCN3CCN(CC2)CC(=O)[O][Al]([18F])[O]C(=O)C3)C1=O. The number of carbonyl (C=O) groups excluding carboxylic acids is 5. The molecule has 2 bridgehead atoms. The molecule has 14 heteroatoms. The number of nitrogens with one attached hydrogen (secondary N) is 1. The first-order valence-electron chi connectivity index (χ1n) is 11.0. The Morgan fingerprint density at radius 2 is 1.55 bits per heavy atom. The molecule has 3 saturated heterocycles. The number of amides is 3. The highest BCUT2D eigenvalue weighted by atomic mass is 27.3. The second-order valence-corrected chi connectivity index (χ2v) is 9.44.